The van der Waals surface area contributed by atoms with Gasteiger partial charge in [0.1, 0.15) is 5.69 Å². The molecule has 0 spiro atoms. The largest absolute Gasteiger partial charge is 0.395 e. The number of aliphatic hydroxyl groups is 1. The van der Waals surface area contributed by atoms with Crippen molar-refractivity contribution in [2.45, 2.75) is 44.1 Å². The van der Waals surface area contributed by atoms with Gasteiger partial charge in [0, 0.05) is 38.5 Å². The van der Waals surface area contributed by atoms with Crippen molar-refractivity contribution in [2.75, 3.05) is 53.6 Å². The van der Waals surface area contributed by atoms with Gasteiger partial charge in [0.2, 0.25) is 10.0 Å². The number of aromatic nitrogens is 1. The first-order chi connectivity index (χ1) is 17.6. The van der Waals surface area contributed by atoms with Crippen LogP contribution in [0.25, 0.3) is 0 Å². The van der Waals surface area contributed by atoms with Gasteiger partial charge >= 0.3 is 0 Å². The topological polar surface area (TPSA) is 130 Å². The molecule has 4 rings (SSSR count). The Bertz CT molecular complexity index is 1280. The van der Waals surface area contributed by atoms with Crippen LogP contribution in [0.5, 0.6) is 0 Å². The van der Waals surface area contributed by atoms with Crippen molar-refractivity contribution < 1.29 is 23.1 Å². The van der Waals surface area contributed by atoms with Gasteiger partial charge in [-0.2, -0.15) is 0 Å². The van der Waals surface area contributed by atoms with Gasteiger partial charge in [0.05, 0.1) is 37.4 Å². The maximum absolute atomic E-state index is 13.5. The van der Waals surface area contributed by atoms with E-state index in [1.54, 1.807) is 35.0 Å². The summed E-state index contributed by atoms with van der Waals surface area (Å²) in [5.41, 5.74) is 1.25. The van der Waals surface area contributed by atoms with E-state index in [0.717, 1.165) is 38.0 Å². The maximum Gasteiger partial charge on any atom is 0.274 e. The number of sulfonamides is 1. The maximum atomic E-state index is 13.5. The summed E-state index contributed by atoms with van der Waals surface area (Å²) >= 11 is 0. The Kier molecular flexibility index (Phi) is 8.41. The zero-order chi connectivity index (χ0) is 26.6. The van der Waals surface area contributed by atoms with Crippen LogP contribution >= 0.6 is 0 Å². The van der Waals surface area contributed by atoms with Crippen molar-refractivity contribution in [1.29, 1.82) is 0 Å². The summed E-state index contributed by atoms with van der Waals surface area (Å²) in [6.07, 6.45) is 3.22. The first kappa shape index (κ1) is 27.4. The Morgan fingerprint density at radius 1 is 1.16 bits per heavy atom. The number of ether oxygens (including phenoxy) is 1. The highest BCUT2D eigenvalue weighted by Gasteiger charge is 2.29. The lowest BCUT2D eigenvalue weighted by atomic mass is 10.1. The van der Waals surface area contributed by atoms with E-state index in [9.17, 15) is 18.0 Å². The number of anilines is 3. The molecule has 2 aliphatic heterocycles. The van der Waals surface area contributed by atoms with Crippen LogP contribution in [0, 0.1) is 0 Å². The second-order valence-corrected chi connectivity index (χ2v) is 17.6. The molecule has 1 aromatic heterocycles. The van der Waals surface area contributed by atoms with Crippen LogP contribution in [0.15, 0.2) is 41.3 Å². The van der Waals surface area contributed by atoms with E-state index < -0.39 is 36.4 Å². The SMILES string of the molecule is C[Si]1(C)CCN(c2cc(NS(=O)(=O)CCO)ccc2C(=O)Nc2cccn(C3CCOCC3)c2=O)CC1. The highest BCUT2D eigenvalue weighted by molar-refractivity contribution is 7.92. The number of aliphatic hydroxyl groups excluding tert-OH is 1. The standard InChI is InChI=1S/C25H36N4O6SSi/c1-37(2)16-10-28(11-17-37)23-18-19(27-36(33,34)15-12-30)5-6-21(23)24(31)26-22-4-3-9-29(25(22)32)20-7-13-35-14-8-20/h3-6,9,18,20,27,30H,7-8,10-17H2,1-2H3,(H,26,31). The summed E-state index contributed by atoms with van der Waals surface area (Å²) in [4.78, 5) is 28.8. The Morgan fingerprint density at radius 2 is 1.86 bits per heavy atom. The van der Waals surface area contributed by atoms with E-state index >= 15 is 0 Å². The molecule has 3 N–H and O–H groups in total. The fourth-order valence-electron chi connectivity index (χ4n) is 4.80. The molecule has 0 aliphatic carbocycles. The molecule has 0 saturated carbocycles. The molecule has 37 heavy (non-hydrogen) atoms. The van der Waals surface area contributed by atoms with Crippen LogP contribution in [0.2, 0.25) is 25.2 Å². The quantitative estimate of drug-likeness (QED) is 0.433. The summed E-state index contributed by atoms with van der Waals surface area (Å²) < 4.78 is 34.0. The first-order valence-electron chi connectivity index (χ1n) is 12.7. The Balaban J connectivity index is 1.63. The fraction of sp³-hybridized carbons (Fsp3) is 0.520. The molecule has 202 valence electrons. The summed E-state index contributed by atoms with van der Waals surface area (Å²) in [6, 6.07) is 10.3. The lowest BCUT2D eigenvalue weighted by Crippen LogP contribution is -2.43. The lowest BCUT2D eigenvalue weighted by Gasteiger charge is -2.38. The summed E-state index contributed by atoms with van der Waals surface area (Å²) in [5.74, 6) is -0.842. The molecule has 12 heteroatoms. The zero-order valence-corrected chi connectivity index (χ0v) is 23.2. The van der Waals surface area contributed by atoms with Crippen LogP contribution in [0.3, 0.4) is 0 Å². The second-order valence-electron chi connectivity index (χ2n) is 10.5. The Morgan fingerprint density at radius 3 is 2.54 bits per heavy atom. The minimum absolute atomic E-state index is 0.0285. The minimum Gasteiger partial charge on any atom is -0.395 e. The number of nitrogens with zero attached hydrogens (tertiary/aromatic N) is 2. The molecule has 10 nitrogen and oxygen atoms in total. The van der Waals surface area contributed by atoms with E-state index in [-0.39, 0.29) is 17.3 Å². The number of amides is 1. The van der Waals surface area contributed by atoms with Gasteiger partial charge in [0.15, 0.2) is 0 Å². The zero-order valence-electron chi connectivity index (χ0n) is 21.4. The van der Waals surface area contributed by atoms with Crippen molar-refractivity contribution in [3.05, 3.63) is 52.4 Å². The van der Waals surface area contributed by atoms with Gasteiger partial charge in [-0.3, -0.25) is 14.3 Å². The predicted octanol–water partition coefficient (Wildman–Crippen LogP) is 2.71. The van der Waals surface area contributed by atoms with Gasteiger partial charge in [-0.25, -0.2) is 8.42 Å². The molecule has 3 heterocycles. The summed E-state index contributed by atoms with van der Waals surface area (Å²) in [6.45, 7) is 6.94. The molecule has 0 radical (unpaired) electrons. The van der Waals surface area contributed by atoms with Gasteiger partial charge in [-0.05, 0) is 55.3 Å². The van der Waals surface area contributed by atoms with E-state index in [2.05, 4.69) is 28.0 Å². The third-order valence-corrected chi connectivity index (χ3v) is 11.6. The van der Waals surface area contributed by atoms with Crippen molar-refractivity contribution >= 4 is 41.1 Å². The molecule has 2 aliphatic rings. The predicted molar refractivity (Wildman–Crippen MR) is 148 cm³/mol. The average Bonchev–Trinajstić information content (AvgIpc) is 2.85. The van der Waals surface area contributed by atoms with Crippen LogP contribution < -0.4 is 20.5 Å². The van der Waals surface area contributed by atoms with Crippen molar-refractivity contribution in [2.24, 2.45) is 0 Å². The van der Waals surface area contributed by atoms with Gasteiger partial charge in [-0.15, -0.1) is 0 Å². The third kappa shape index (κ3) is 6.80. The number of nitrogens with one attached hydrogen (secondary N) is 2. The number of hydrogen-bond acceptors (Lipinski definition) is 7. The fourth-order valence-corrected chi connectivity index (χ4v) is 7.63. The molecular weight excluding hydrogens is 512 g/mol. The van der Waals surface area contributed by atoms with Gasteiger partial charge < -0.3 is 24.6 Å². The molecular formula is C25H36N4O6SSi. The Hall–Kier alpha value is -2.67. The molecule has 0 bridgehead atoms. The van der Waals surface area contributed by atoms with Crippen molar-refractivity contribution in [3.63, 3.8) is 0 Å². The molecule has 2 fully saturated rings. The third-order valence-electron chi connectivity index (χ3n) is 7.14. The number of carbonyl (C=O) groups is 1. The van der Waals surface area contributed by atoms with Gasteiger partial charge in [0.25, 0.3) is 11.5 Å². The molecule has 1 amide bonds. The van der Waals surface area contributed by atoms with Crippen molar-refractivity contribution in [3.8, 4) is 0 Å². The van der Waals surface area contributed by atoms with E-state index in [4.69, 9.17) is 9.84 Å². The van der Waals surface area contributed by atoms with Gasteiger partial charge in [-0.1, -0.05) is 13.1 Å². The Labute approximate surface area is 218 Å². The molecule has 2 aromatic rings. The van der Waals surface area contributed by atoms with Crippen LogP contribution in [-0.4, -0.2) is 70.7 Å². The normalized spacial score (nSPS) is 18.4. The van der Waals surface area contributed by atoms with E-state index in [1.807, 2.05) is 0 Å². The first-order valence-corrected chi connectivity index (χ1v) is 17.8. The van der Waals surface area contributed by atoms with Crippen LogP contribution in [-0.2, 0) is 14.8 Å². The summed E-state index contributed by atoms with van der Waals surface area (Å²) in [7, 11) is -5.02. The molecule has 0 atom stereocenters. The number of hydrogen-bond donors (Lipinski definition) is 3. The molecule has 2 saturated heterocycles. The molecule has 1 aromatic carbocycles. The van der Waals surface area contributed by atoms with Crippen LogP contribution in [0.1, 0.15) is 29.2 Å². The van der Waals surface area contributed by atoms with E-state index in [1.165, 1.54) is 6.07 Å². The summed E-state index contributed by atoms with van der Waals surface area (Å²) in [5, 5.41) is 11.9. The number of rotatable bonds is 8. The van der Waals surface area contributed by atoms with E-state index in [0.29, 0.717) is 30.2 Å². The van der Waals surface area contributed by atoms with Crippen LogP contribution in [0.4, 0.5) is 17.1 Å². The minimum atomic E-state index is -3.72. The average molecular weight is 549 g/mol. The monoisotopic (exact) mass is 548 g/mol. The van der Waals surface area contributed by atoms with Crippen molar-refractivity contribution in [1.82, 2.24) is 4.57 Å². The lowest BCUT2D eigenvalue weighted by molar-refractivity contribution is 0.0687. The smallest absolute Gasteiger partial charge is 0.274 e. The molecule has 0 unspecified atom stereocenters. The highest BCUT2D eigenvalue weighted by atomic mass is 32.2. The highest BCUT2D eigenvalue weighted by Crippen LogP contribution is 2.32. The number of carbonyl (C=O) groups excluding carboxylic acids is 1. The number of benzene rings is 1. The number of pyridine rings is 1. The second kappa shape index (κ2) is 11.4.